The molecule has 0 amide bonds. The molecule has 0 fully saturated rings. The van der Waals surface area contributed by atoms with Gasteiger partial charge in [-0.2, -0.15) is 5.10 Å². The lowest BCUT2D eigenvalue weighted by molar-refractivity contribution is 0.964. The molecule has 0 aliphatic carbocycles. The van der Waals surface area contributed by atoms with Crippen LogP contribution < -0.4 is 0 Å². The first-order chi connectivity index (χ1) is 5.95. The van der Waals surface area contributed by atoms with Gasteiger partial charge in [-0.15, -0.1) is 0 Å². The van der Waals surface area contributed by atoms with E-state index >= 15 is 0 Å². The quantitative estimate of drug-likeness (QED) is 0.530. The lowest BCUT2D eigenvalue weighted by atomic mass is 10.3. The minimum Gasteiger partial charge on any atom is -0.364 e. The first-order valence-corrected chi connectivity index (χ1v) is 3.85. The van der Waals surface area contributed by atoms with E-state index < -0.39 is 0 Å². The van der Waals surface area contributed by atoms with E-state index in [2.05, 4.69) is 16.1 Å². The first kappa shape index (κ1) is 5.83. The van der Waals surface area contributed by atoms with Gasteiger partial charge in [0.05, 0.1) is 11.0 Å². The standard InChI is InChI=1S/C9H7N3/c1-2-7-8(3-1)11-12-5-4-10-6-9(7)12/h1-6,10H. The molecule has 0 aliphatic heterocycles. The van der Waals surface area contributed by atoms with Crippen molar-refractivity contribution in [2.45, 2.75) is 0 Å². The minimum atomic E-state index is 1.05. The van der Waals surface area contributed by atoms with Gasteiger partial charge in [0.15, 0.2) is 0 Å². The molecule has 0 saturated carbocycles. The highest BCUT2D eigenvalue weighted by Crippen LogP contribution is 2.18. The van der Waals surface area contributed by atoms with E-state index in [0.717, 1.165) is 11.0 Å². The fourth-order valence-electron chi connectivity index (χ4n) is 1.51. The molecule has 3 aromatic rings. The first-order valence-electron chi connectivity index (χ1n) is 3.85. The van der Waals surface area contributed by atoms with Crippen LogP contribution >= 0.6 is 0 Å². The molecule has 2 heterocycles. The molecule has 2 aromatic heterocycles. The molecule has 0 saturated heterocycles. The number of rotatable bonds is 0. The van der Waals surface area contributed by atoms with Gasteiger partial charge in [0.2, 0.25) is 0 Å². The Labute approximate surface area is 68.6 Å². The third-order valence-corrected chi connectivity index (χ3v) is 2.06. The third kappa shape index (κ3) is 0.580. The second kappa shape index (κ2) is 1.88. The summed E-state index contributed by atoms with van der Waals surface area (Å²) in [5.74, 6) is 0. The van der Waals surface area contributed by atoms with Crippen molar-refractivity contribution in [2.75, 3.05) is 0 Å². The second-order valence-corrected chi connectivity index (χ2v) is 2.78. The Morgan fingerprint density at radius 2 is 2.33 bits per heavy atom. The average Bonchev–Trinajstić information content (AvgIpc) is 2.62. The number of nitrogens with zero attached hydrogens (tertiary/aromatic N) is 2. The maximum Gasteiger partial charge on any atom is 0.0934 e. The van der Waals surface area contributed by atoms with Crippen LogP contribution in [-0.2, 0) is 0 Å². The monoisotopic (exact) mass is 157 g/mol. The van der Waals surface area contributed by atoms with Gasteiger partial charge in [0.1, 0.15) is 0 Å². The van der Waals surface area contributed by atoms with Crippen LogP contribution in [0.15, 0.2) is 36.8 Å². The van der Waals surface area contributed by atoms with Gasteiger partial charge >= 0.3 is 0 Å². The van der Waals surface area contributed by atoms with Crippen LogP contribution in [0.2, 0.25) is 0 Å². The molecule has 12 heavy (non-hydrogen) atoms. The van der Waals surface area contributed by atoms with Crippen molar-refractivity contribution in [1.82, 2.24) is 14.6 Å². The maximum atomic E-state index is 4.37. The Bertz CT molecular complexity index is 532. The number of hydrogen-bond acceptors (Lipinski definition) is 1. The number of aromatic amines is 1. The Hall–Kier alpha value is -1.77. The van der Waals surface area contributed by atoms with Gasteiger partial charge in [-0.3, -0.25) is 0 Å². The molecule has 0 unspecified atom stereocenters. The van der Waals surface area contributed by atoms with Gasteiger partial charge in [0, 0.05) is 24.0 Å². The van der Waals surface area contributed by atoms with E-state index in [0.29, 0.717) is 0 Å². The molecular weight excluding hydrogens is 150 g/mol. The van der Waals surface area contributed by atoms with Crippen molar-refractivity contribution < 1.29 is 0 Å². The number of H-pyrrole nitrogens is 1. The van der Waals surface area contributed by atoms with Crippen molar-refractivity contribution in [3.63, 3.8) is 0 Å². The minimum absolute atomic E-state index is 1.05. The van der Waals surface area contributed by atoms with Crippen molar-refractivity contribution in [1.29, 1.82) is 0 Å². The highest BCUT2D eigenvalue weighted by molar-refractivity contribution is 5.94. The van der Waals surface area contributed by atoms with E-state index in [1.165, 1.54) is 5.39 Å². The van der Waals surface area contributed by atoms with Crippen molar-refractivity contribution >= 4 is 16.4 Å². The Morgan fingerprint density at radius 1 is 1.33 bits per heavy atom. The van der Waals surface area contributed by atoms with Gasteiger partial charge < -0.3 is 4.98 Å². The van der Waals surface area contributed by atoms with Crippen molar-refractivity contribution in [3.8, 4) is 0 Å². The molecule has 1 aromatic carbocycles. The van der Waals surface area contributed by atoms with Crippen LogP contribution in [0.3, 0.4) is 0 Å². The lowest BCUT2D eigenvalue weighted by Gasteiger charge is -1.89. The molecule has 0 radical (unpaired) electrons. The molecular formula is C9H7N3. The van der Waals surface area contributed by atoms with Gasteiger partial charge in [-0.1, -0.05) is 12.1 Å². The summed E-state index contributed by atoms with van der Waals surface area (Å²) in [6.07, 6.45) is 5.73. The van der Waals surface area contributed by atoms with Gasteiger partial charge in [0.25, 0.3) is 0 Å². The summed E-state index contributed by atoms with van der Waals surface area (Å²) in [5.41, 5.74) is 2.17. The van der Waals surface area contributed by atoms with Crippen LogP contribution in [0, 0.1) is 0 Å². The van der Waals surface area contributed by atoms with Crippen molar-refractivity contribution in [3.05, 3.63) is 36.8 Å². The number of hydrogen-bond donors (Lipinski definition) is 1. The van der Waals surface area contributed by atoms with Crippen LogP contribution in [0.4, 0.5) is 0 Å². The molecule has 58 valence electrons. The maximum absolute atomic E-state index is 4.37. The number of aromatic nitrogens is 3. The van der Waals surface area contributed by atoms with E-state index in [9.17, 15) is 0 Å². The highest BCUT2D eigenvalue weighted by atomic mass is 15.2. The largest absolute Gasteiger partial charge is 0.364 e. The van der Waals surface area contributed by atoms with Crippen molar-refractivity contribution in [2.24, 2.45) is 0 Å². The summed E-state index contributed by atoms with van der Waals surface area (Å²) < 4.78 is 1.88. The Morgan fingerprint density at radius 3 is 3.33 bits per heavy atom. The predicted molar refractivity (Wildman–Crippen MR) is 47.0 cm³/mol. The summed E-state index contributed by atoms with van der Waals surface area (Å²) in [4.78, 5) is 3.04. The van der Waals surface area contributed by atoms with E-state index in [4.69, 9.17) is 0 Å². The summed E-state index contributed by atoms with van der Waals surface area (Å²) in [7, 11) is 0. The highest BCUT2D eigenvalue weighted by Gasteiger charge is 2.02. The normalized spacial score (nSPS) is 11.3. The zero-order valence-corrected chi connectivity index (χ0v) is 6.36. The molecule has 3 nitrogen and oxygen atoms in total. The van der Waals surface area contributed by atoms with Crippen LogP contribution in [-0.4, -0.2) is 14.6 Å². The fraction of sp³-hybridized carbons (Fsp3) is 0. The average molecular weight is 157 g/mol. The SMILES string of the molecule is c1cc2nn3cc[nH]cc3c2c1. The van der Waals surface area contributed by atoms with Crippen LogP contribution in [0.1, 0.15) is 0 Å². The second-order valence-electron chi connectivity index (χ2n) is 2.78. The summed E-state index contributed by atoms with van der Waals surface area (Å²) in [6, 6.07) is 6.11. The topological polar surface area (TPSA) is 33.1 Å². The van der Waals surface area contributed by atoms with Crippen LogP contribution in [0.25, 0.3) is 16.4 Å². The molecule has 3 rings (SSSR count). The molecule has 1 N–H and O–H groups in total. The van der Waals surface area contributed by atoms with Gasteiger partial charge in [-0.05, 0) is 6.07 Å². The third-order valence-electron chi connectivity index (χ3n) is 2.06. The molecule has 3 heteroatoms. The zero-order valence-electron chi connectivity index (χ0n) is 6.36. The molecule has 0 atom stereocenters. The molecule has 0 aliphatic rings. The Balaban J connectivity index is 2.68. The molecule has 0 spiro atoms. The number of fused-ring (bicyclic) bond motifs is 3. The van der Waals surface area contributed by atoms with E-state index in [-0.39, 0.29) is 0 Å². The van der Waals surface area contributed by atoms with Crippen LogP contribution in [0.5, 0.6) is 0 Å². The predicted octanol–water partition coefficient (Wildman–Crippen LogP) is 1.82. The number of nitrogens with one attached hydrogen (secondary N) is 1. The lowest BCUT2D eigenvalue weighted by Crippen LogP contribution is -1.85. The zero-order chi connectivity index (χ0) is 7.97. The van der Waals surface area contributed by atoms with E-state index in [1.54, 1.807) is 0 Å². The fourth-order valence-corrected chi connectivity index (χ4v) is 1.51. The Kier molecular flexibility index (Phi) is 0.913. The van der Waals surface area contributed by atoms with Gasteiger partial charge in [-0.25, -0.2) is 4.52 Å². The summed E-state index contributed by atoms with van der Waals surface area (Å²) in [6.45, 7) is 0. The molecule has 0 bridgehead atoms. The smallest absolute Gasteiger partial charge is 0.0934 e. The summed E-state index contributed by atoms with van der Waals surface area (Å²) >= 11 is 0. The summed E-state index contributed by atoms with van der Waals surface area (Å²) in [5, 5.41) is 5.57. The van der Waals surface area contributed by atoms with E-state index in [1.807, 2.05) is 35.2 Å².